The molecule has 7 heteroatoms. The maximum Gasteiger partial charge on any atom is 0.417 e. The predicted octanol–water partition coefficient (Wildman–Crippen LogP) is 2.73. The molecule has 0 aliphatic heterocycles. The van der Waals surface area contributed by atoms with Crippen molar-refractivity contribution < 1.29 is 13.2 Å². The number of nitrogen functional groups attached to an aromatic ring is 1. The number of fused-ring (bicyclic) bond motifs is 1. The summed E-state index contributed by atoms with van der Waals surface area (Å²) in [6, 6.07) is 5.94. The van der Waals surface area contributed by atoms with Gasteiger partial charge in [0.1, 0.15) is 11.6 Å². The van der Waals surface area contributed by atoms with Crippen molar-refractivity contribution in [1.82, 2.24) is 4.98 Å². The summed E-state index contributed by atoms with van der Waals surface area (Å²) >= 11 is 0. The number of H-pyrrole nitrogens is 1. The summed E-state index contributed by atoms with van der Waals surface area (Å²) in [6.45, 7) is 0. The zero-order chi connectivity index (χ0) is 14.3. The fourth-order valence-corrected chi connectivity index (χ4v) is 1.86. The zero-order valence-electron chi connectivity index (χ0n) is 10.0. The van der Waals surface area contributed by atoms with Crippen molar-refractivity contribution in [2.24, 2.45) is 0 Å². The van der Waals surface area contributed by atoms with E-state index in [4.69, 9.17) is 10.2 Å². The Balaban J connectivity index is 2.07. The maximum absolute atomic E-state index is 13.6. The van der Waals surface area contributed by atoms with Crippen LogP contribution in [0.1, 0.15) is 0 Å². The Kier molecular flexibility index (Phi) is 2.67. The third kappa shape index (κ3) is 2.09. The summed E-state index contributed by atoms with van der Waals surface area (Å²) in [5.41, 5.74) is 6.99. The monoisotopic (exact) mass is 277 g/mol. The zero-order valence-corrected chi connectivity index (χ0v) is 10.0. The SMILES string of the molecule is Nc1cc2oc(=O)[nH]c2cc1Nc1cc(F)ccc1F. The van der Waals surface area contributed by atoms with E-state index in [0.29, 0.717) is 11.2 Å². The summed E-state index contributed by atoms with van der Waals surface area (Å²) < 4.78 is 31.5. The number of nitrogens with two attached hydrogens (primary N) is 1. The Labute approximate surface area is 111 Å². The molecule has 5 nitrogen and oxygen atoms in total. The number of benzene rings is 2. The summed E-state index contributed by atoms with van der Waals surface area (Å²) in [7, 11) is 0. The smallest absolute Gasteiger partial charge is 0.408 e. The minimum Gasteiger partial charge on any atom is -0.408 e. The van der Waals surface area contributed by atoms with Gasteiger partial charge < -0.3 is 15.5 Å². The van der Waals surface area contributed by atoms with E-state index in [0.717, 1.165) is 18.2 Å². The van der Waals surface area contributed by atoms with Gasteiger partial charge in [-0.2, -0.15) is 0 Å². The van der Waals surface area contributed by atoms with E-state index in [9.17, 15) is 13.6 Å². The van der Waals surface area contributed by atoms with Gasteiger partial charge in [0.2, 0.25) is 0 Å². The molecule has 0 radical (unpaired) electrons. The molecule has 0 amide bonds. The number of nitrogens with one attached hydrogen (secondary N) is 2. The third-order valence-electron chi connectivity index (χ3n) is 2.79. The molecule has 0 aliphatic carbocycles. The average Bonchev–Trinajstić information content (AvgIpc) is 2.73. The fraction of sp³-hybridized carbons (Fsp3) is 0. The third-order valence-corrected chi connectivity index (χ3v) is 2.79. The molecular formula is C13H9F2N3O2. The second-order valence-corrected chi connectivity index (χ2v) is 4.20. The van der Waals surface area contributed by atoms with Crippen LogP contribution in [0.3, 0.4) is 0 Å². The van der Waals surface area contributed by atoms with Gasteiger partial charge in [0, 0.05) is 12.1 Å². The Bertz CT molecular complexity index is 854. The Hall–Kier alpha value is -2.83. The molecule has 0 bridgehead atoms. The molecule has 20 heavy (non-hydrogen) atoms. The number of aromatic nitrogens is 1. The number of aromatic amines is 1. The Morgan fingerprint density at radius 3 is 2.75 bits per heavy atom. The van der Waals surface area contributed by atoms with E-state index in [-0.39, 0.29) is 17.0 Å². The van der Waals surface area contributed by atoms with Crippen molar-refractivity contribution in [3.63, 3.8) is 0 Å². The lowest BCUT2D eigenvalue weighted by atomic mass is 10.2. The van der Waals surface area contributed by atoms with Crippen molar-refractivity contribution in [3.05, 3.63) is 52.5 Å². The van der Waals surface area contributed by atoms with Crippen molar-refractivity contribution in [2.45, 2.75) is 0 Å². The molecule has 0 aliphatic rings. The molecular weight excluding hydrogens is 268 g/mol. The van der Waals surface area contributed by atoms with Crippen LogP contribution >= 0.6 is 0 Å². The first-order chi connectivity index (χ1) is 9.52. The summed E-state index contributed by atoms with van der Waals surface area (Å²) in [5.74, 6) is -1.81. The Morgan fingerprint density at radius 1 is 1.15 bits per heavy atom. The topological polar surface area (TPSA) is 84.0 Å². The second kappa shape index (κ2) is 4.37. The molecule has 1 aromatic heterocycles. The number of hydrogen-bond donors (Lipinski definition) is 3. The minimum atomic E-state index is -0.619. The normalized spacial score (nSPS) is 10.9. The van der Waals surface area contributed by atoms with E-state index in [1.807, 2.05) is 0 Å². The first-order valence-corrected chi connectivity index (χ1v) is 5.67. The van der Waals surface area contributed by atoms with Crippen molar-refractivity contribution in [1.29, 1.82) is 0 Å². The van der Waals surface area contributed by atoms with Gasteiger partial charge in [0.05, 0.1) is 22.6 Å². The minimum absolute atomic E-state index is 0.0538. The molecule has 0 saturated heterocycles. The van der Waals surface area contributed by atoms with Crippen LogP contribution in [0, 0.1) is 11.6 Å². The van der Waals surface area contributed by atoms with Crippen molar-refractivity contribution in [3.8, 4) is 0 Å². The molecule has 102 valence electrons. The highest BCUT2D eigenvalue weighted by Gasteiger charge is 2.09. The molecule has 0 unspecified atom stereocenters. The second-order valence-electron chi connectivity index (χ2n) is 4.20. The van der Waals surface area contributed by atoms with E-state index in [1.165, 1.54) is 12.1 Å². The maximum atomic E-state index is 13.6. The van der Waals surface area contributed by atoms with Crippen LogP contribution < -0.4 is 16.8 Å². The molecule has 0 atom stereocenters. The lowest BCUT2D eigenvalue weighted by Crippen LogP contribution is -1.99. The van der Waals surface area contributed by atoms with Crippen molar-refractivity contribution >= 4 is 28.2 Å². The van der Waals surface area contributed by atoms with Crippen LogP contribution in [-0.4, -0.2) is 4.98 Å². The van der Waals surface area contributed by atoms with Gasteiger partial charge in [-0.25, -0.2) is 13.6 Å². The van der Waals surface area contributed by atoms with Gasteiger partial charge in [0.25, 0.3) is 0 Å². The van der Waals surface area contributed by atoms with Gasteiger partial charge >= 0.3 is 5.76 Å². The van der Waals surface area contributed by atoms with Gasteiger partial charge in [-0.3, -0.25) is 4.98 Å². The van der Waals surface area contributed by atoms with Gasteiger partial charge in [-0.1, -0.05) is 0 Å². The summed E-state index contributed by atoms with van der Waals surface area (Å²) in [5, 5.41) is 2.68. The van der Waals surface area contributed by atoms with Gasteiger partial charge in [0.15, 0.2) is 5.58 Å². The van der Waals surface area contributed by atoms with E-state index < -0.39 is 17.4 Å². The van der Waals surface area contributed by atoms with Crippen LogP contribution in [0.5, 0.6) is 0 Å². The van der Waals surface area contributed by atoms with Gasteiger partial charge in [-0.05, 0) is 18.2 Å². The molecule has 1 heterocycles. The molecule has 0 fully saturated rings. The number of rotatable bonds is 2. The van der Waals surface area contributed by atoms with Crippen LogP contribution in [0.25, 0.3) is 11.1 Å². The number of anilines is 3. The number of halogens is 2. The molecule has 4 N–H and O–H groups in total. The van der Waals surface area contributed by atoms with Crippen LogP contribution in [0.2, 0.25) is 0 Å². The molecule has 0 saturated carbocycles. The lowest BCUT2D eigenvalue weighted by Gasteiger charge is -2.10. The van der Waals surface area contributed by atoms with Crippen LogP contribution in [0.15, 0.2) is 39.5 Å². The van der Waals surface area contributed by atoms with Crippen molar-refractivity contribution in [2.75, 3.05) is 11.1 Å². The first kappa shape index (κ1) is 12.2. The molecule has 2 aromatic carbocycles. The largest absolute Gasteiger partial charge is 0.417 e. The van der Waals surface area contributed by atoms with E-state index >= 15 is 0 Å². The lowest BCUT2D eigenvalue weighted by molar-refractivity contribution is 0.555. The highest BCUT2D eigenvalue weighted by atomic mass is 19.1. The highest BCUT2D eigenvalue weighted by molar-refractivity contribution is 5.87. The highest BCUT2D eigenvalue weighted by Crippen LogP contribution is 2.28. The summed E-state index contributed by atoms with van der Waals surface area (Å²) in [6.07, 6.45) is 0. The standard InChI is InChI=1S/C13H9F2N3O2/c14-6-1-2-7(15)9(3-6)17-10-5-11-12(4-8(10)16)20-13(19)18-11/h1-5,17H,16H2,(H,18,19). The number of hydrogen-bond acceptors (Lipinski definition) is 4. The van der Waals surface area contributed by atoms with Crippen LogP contribution in [0.4, 0.5) is 25.8 Å². The molecule has 3 rings (SSSR count). The van der Waals surface area contributed by atoms with Crippen LogP contribution in [-0.2, 0) is 0 Å². The molecule has 0 spiro atoms. The van der Waals surface area contributed by atoms with E-state index in [1.54, 1.807) is 0 Å². The Morgan fingerprint density at radius 2 is 1.95 bits per heavy atom. The number of oxazole rings is 1. The quantitative estimate of drug-likeness (QED) is 0.629. The summed E-state index contributed by atoms with van der Waals surface area (Å²) in [4.78, 5) is 13.5. The van der Waals surface area contributed by atoms with E-state index in [2.05, 4.69) is 10.3 Å². The first-order valence-electron chi connectivity index (χ1n) is 5.67. The van der Waals surface area contributed by atoms with Gasteiger partial charge in [-0.15, -0.1) is 0 Å². The average molecular weight is 277 g/mol. The molecule has 3 aromatic rings. The predicted molar refractivity (Wildman–Crippen MR) is 70.9 cm³/mol. The fourth-order valence-electron chi connectivity index (χ4n) is 1.86.